The van der Waals surface area contributed by atoms with Crippen LogP contribution in [-0.4, -0.2) is 47.6 Å². The third kappa shape index (κ3) is 2.40. The minimum Gasteiger partial charge on any atom is -0.306 e. The standard InChI is InChI=1S/C14H11NO8S2/c15-14(25(21,22)23)6-5-9-10(13(14)24(18,19)20)12(17)8-4-2-1-3-7(8)11(9)16/h1-6,13H,15H2,(H,18,19,20)(H,21,22,23). The number of allylic oxidation sites excluding steroid dienone is 2. The first-order valence-corrected chi connectivity index (χ1v) is 9.68. The van der Waals surface area contributed by atoms with Gasteiger partial charge < -0.3 is 5.73 Å². The fraction of sp³-hybridized carbons (Fsp3) is 0.143. The van der Waals surface area contributed by atoms with E-state index in [1.807, 2.05) is 0 Å². The average Bonchev–Trinajstić information content (AvgIpc) is 2.50. The van der Waals surface area contributed by atoms with E-state index in [0.29, 0.717) is 6.08 Å². The molecule has 1 aromatic rings. The summed E-state index contributed by atoms with van der Waals surface area (Å²) in [5.74, 6) is -1.71. The zero-order valence-corrected chi connectivity index (χ0v) is 13.9. The molecular formula is C14H11NO8S2. The normalized spacial score (nSPS) is 26.4. The Labute approximate surface area is 142 Å². The summed E-state index contributed by atoms with van der Waals surface area (Å²) in [5.41, 5.74) is 4.18. The van der Waals surface area contributed by atoms with Crippen LogP contribution in [0.5, 0.6) is 0 Å². The van der Waals surface area contributed by atoms with Gasteiger partial charge in [-0.1, -0.05) is 30.3 Å². The summed E-state index contributed by atoms with van der Waals surface area (Å²) >= 11 is 0. The molecule has 0 heterocycles. The predicted octanol–water partition coefficient (Wildman–Crippen LogP) is -0.269. The molecule has 0 bridgehead atoms. The number of carbonyl (C=O) groups is 2. The third-order valence-electron chi connectivity index (χ3n) is 4.12. The van der Waals surface area contributed by atoms with E-state index in [1.54, 1.807) is 0 Å². The Morgan fingerprint density at radius 1 is 0.960 bits per heavy atom. The Bertz CT molecular complexity index is 1100. The van der Waals surface area contributed by atoms with Crippen molar-refractivity contribution in [3.05, 3.63) is 58.7 Å². The molecular weight excluding hydrogens is 374 g/mol. The summed E-state index contributed by atoms with van der Waals surface area (Å²) in [6.45, 7) is 0. The van der Waals surface area contributed by atoms with Crippen LogP contribution < -0.4 is 5.73 Å². The smallest absolute Gasteiger partial charge is 0.289 e. The molecule has 0 aliphatic heterocycles. The Hall–Kier alpha value is -2.18. The van der Waals surface area contributed by atoms with E-state index in [-0.39, 0.29) is 11.1 Å². The molecule has 25 heavy (non-hydrogen) atoms. The van der Waals surface area contributed by atoms with Gasteiger partial charge in [0, 0.05) is 22.3 Å². The summed E-state index contributed by atoms with van der Waals surface area (Å²) in [6, 6.07) is 5.52. The molecule has 132 valence electrons. The minimum atomic E-state index is -5.29. The highest BCUT2D eigenvalue weighted by molar-refractivity contribution is 7.91. The van der Waals surface area contributed by atoms with Gasteiger partial charge in [-0.05, 0) is 6.08 Å². The molecule has 1 aromatic carbocycles. The number of hydrogen-bond acceptors (Lipinski definition) is 7. The Morgan fingerprint density at radius 3 is 1.96 bits per heavy atom. The molecule has 0 amide bonds. The maximum Gasteiger partial charge on any atom is 0.289 e. The van der Waals surface area contributed by atoms with Crippen LogP contribution in [0.1, 0.15) is 20.7 Å². The molecule has 2 unspecified atom stereocenters. The van der Waals surface area contributed by atoms with Crippen LogP contribution >= 0.6 is 0 Å². The lowest BCUT2D eigenvalue weighted by Gasteiger charge is -2.36. The largest absolute Gasteiger partial charge is 0.306 e. The van der Waals surface area contributed by atoms with Crippen molar-refractivity contribution in [2.75, 3.05) is 0 Å². The lowest BCUT2D eigenvalue weighted by Crippen LogP contribution is -2.61. The Balaban J connectivity index is 2.38. The molecule has 4 N–H and O–H groups in total. The molecule has 2 atom stereocenters. The van der Waals surface area contributed by atoms with Crippen LogP contribution in [0.15, 0.2) is 47.6 Å². The van der Waals surface area contributed by atoms with Crippen molar-refractivity contribution in [1.82, 2.24) is 0 Å². The Kier molecular flexibility index (Phi) is 3.64. The molecule has 0 aromatic heterocycles. The van der Waals surface area contributed by atoms with Crippen LogP contribution in [0, 0.1) is 0 Å². The number of hydrogen-bond donors (Lipinski definition) is 3. The second-order valence-corrected chi connectivity index (χ2v) is 8.75. The maximum atomic E-state index is 12.7. The summed E-state index contributed by atoms with van der Waals surface area (Å²) in [4.78, 5) is 22.2. The van der Waals surface area contributed by atoms with Gasteiger partial charge in [0.25, 0.3) is 20.2 Å². The monoisotopic (exact) mass is 385 g/mol. The van der Waals surface area contributed by atoms with E-state index in [2.05, 4.69) is 0 Å². The van der Waals surface area contributed by atoms with E-state index in [9.17, 15) is 35.5 Å². The minimum absolute atomic E-state index is 0.00126. The zero-order chi connectivity index (χ0) is 18.8. The van der Waals surface area contributed by atoms with Crippen LogP contribution in [0.3, 0.4) is 0 Å². The van der Waals surface area contributed by atoms with Gasteiger partial charge in [-0.2, -0.15) is 16.8 Å². The topological polar surface area (TPSA) is 169 Å². The first-order chi connectivity index (χ1) is 11.4. The lowest BCUT2D eigenvalue weighted by atomic mass is 9.78. The van der Waals surface area contributed by atoms with Gasteiger partial charge in [0.15, 0.2) is 21.7 Å². The average molecular weight is 385 g/mol. The van der Waals surface area contributed by atoms with Gasteiger partial charge in [-0.3, -0.25) is 18.7 Å². The lowest BCUT2D eigenvalue weighted by molar-refractivity contribution is 0.0972. The van der Waals surface area contributed by atoms with Gasteiger partial charge in [0.05, 0.1) is 0 Å². The molecule has 0 saturated carbocycles. The van der Waals surface area contributed by atoms with Crippen LogP contribution in [0.2, 0.25) is 0 Å². The fourth-order valence-corrected chi connectivity index (χ4v) is 5.40. The van der Waals surface area contributed by atoms with Gasteiger partial charge >= 0.3 is 0 Å². The fourth-order valence-electron chi connectivity index (χ4n) is 2.97. The maximum absolute atomic E-state index is 12.7. The number of ketones is 2. The molecule has 11 heteroatoms. The van der Waals surface area contributed by atoms with E-state index in [0.717, 1.165) is 6.08 Å². The second kappa shape index (κ2) is 5.16. The van der Waals surface area contributed by atoms with Gasteiger partial charge in [-0.25, -0.2) is 0 Å². The van der Waals surface area contributed by atoms with Crippen molar-refractivity contribution >= 4 is 31.8 Å². The molecule has 2 aliphatic carbocycles. The number of fused-ring (bicyclic) bond motifs is 1. The highest BCUT2D eigenvalue weighted by Gasteiger charge is 2.57. The quantitative estimate of drug-likeness (QED) is 0.580. The van der Waals surface area contributed by atoms with E-state index in [4.69, 9.17) is 5.73 Å². The van der Waals surface area contributed by atoms with E-state index >= 15 is 0 Å². The first kappa shape index (κ1) is 17.6. The van der Waals surface area contributed by atoms with Gasteiger partial charge in [-0.15, -0.1) is 0 Å². The molecule has 2 aliphatic rings. The van der Waals surface area contributed by atoms with Crippen molar-refractivity contribution in [2.24, 2.45) is 5.73 Å². The SMILES string of the molecule is NC1(S(=O)(=O)O)C=CC2=C(C(=O)c3ccccc3C2=O)C1S(=O)(=O)O. The van der Waals surface area contributed by atoms with Crippen molar-refractivity contribution in [1.29, 1.82) is 0 Å². The molecule has 9 nitrogen and oxygen atoms in total. The first-order valence-electron chi connectivity index (χ1n) is 6.73. The van der Waals surface area contributed by atoms with Crippen molar-refractivity contribution < 1.29 is 35.5 Å². The number of rotatable bonds is 2. The van der Waals surface area contributed by atoms with Gasteiger partial charge in [0.1, 0.15) is 0 Å². The summed E-state index contributed by atoms with van der Waals surface area (Å²) < 4.78 is 65.9. The number of Topliss-reactive ketones (excluding diaryl/α,β-unsaturated/α-hetero) is 2. The summed E-state index contributed by atoms with van der Waals surface area (Å²) in [6.07, 6.45) is 1.43. The number of benzene rings is 1. The molecule has 3 rings (SSSR count). The number of carbonyl (C=O) groups excluding carboxylic acids is 2. The third-order valence-corrected chi connectivity index (χ3v) is 6.76. The van der Waals surface area contributed by atoms with Crippen LogP contribution in [0.4, 0.5) is 0 Å². The molecule has 0 spiro atoms. The van der Waals surface area contributed by atoms with E-state index in [1.165, 1.54) is 24.3 Å². The molecule has 0 fully saturated rings. The predicted molar refractivity (Wildman–Crippen MR) is 85.1 cm³/mol. The Morgan fingerprint density at radius 2 is 1.48 bits per heavy atom. The van der Waals surface area contributed by atoms with Crippen LogP contribution in [0.25, 0.3) is 0 Å². The second-order valence-electron chi connectivity index (χ2n) is 5.59. The number of nitrogens with two attached hydrogens (primary N) is 1. The highest BCUT2D eigenvalue weighted by atomic mass is 32.2. The van der Waals surface area contributed by atoms with Crippen molar-refractivity contribution in [3.63, 3.8) is 0 Å². The van der Waals surface area contributed by atoms with E-state index < -0.39 is 53.1 Å². The molecule has 0 radical (unpaired) electrons. The summed E-state index contributed by atoms with van der Waals surface area (Å²) in [7, 11) is -10.6. The summed E-state index contributed by atoms with van der Waals surface area (Å²) in [5, 5.41) is -2.56. The molecule has 0 saturated heterocycles. The van der Waals surface area contributed by atoms with Gasteiger partial charge in [0.2, 0.25) is 0 Å². The zero-order valence-electron chi connectivity index (χ0n) is 12.3. The highest BCUT2D eigenvalue weighted by Crippen LogP contribution is 2.40. The van der Waals surface area contributed by atoms with Crippen molar-refractivity contribution in [3.8, 4) is 0 Å². The van der Waals surface area contributed by atoms with Crippen LogP contribution in [-0.2, 0) is 20.2 Å². The van der Waals surface area contributed by atoms with Crippen molar-refractivity contribution in [2.45, 2.75) is 10.1 Å².